The predicted molar refractivity (Wildman–Crippen MR) is 125 cm³/mol. The van der Waals surface area contributed by atoms with Crippen LogP contribution in [0.4, 0.5) is 0 Å². The van der Waals surface area contributed by atoms with Crippen molar-refractivity contribution in [3.63, 3.8) is 0 Å². The molecule has 0 radical (unpaired) electrons. The first-order valence-electron chi connectivity index (χ1n) is 12.3. The first kappa shape index (κ1) is 24.7. The van der Waals surface area contributed by atoms with Gasteiger partial charge in [-0.05, 0) is 99.5 Å². The van der Waals surface area contributed by atoms with Gasteiger partial charge in [0, 0.05) is 6.42 Å². The molecule has 0 bridgehead atoms. The molecule has 3 fully saturated rings. The zero-order valence-electron chi connectivity index (χ0n) is 20.0. The maximum absolute atomic E-state index is 10.3. The maximum Gasteiger partial charge on any atom is 0.0849 e. The highest BCUT2D eigenvalue weighted by Crippen LogP contribution is 2.60. The number of fused-ring (bicyclic) bond motifs is 1. The van der Waals surface area contributed by atoms with Crippen LogP contribution in [0, 0.1) is 23.2 Å². The average molecular weight is 433 g/mol. The molecule has 0 aromatic heterocycles. The molecule has 0 saturated heterocycles. The smallest absolute Gasteiger partial charge is 0.0849 e. The summed E-state index contributed by atoms with van der Waals surface area (Å²) < 4.78 is 0. The summed E-state index contributed by atoms with van der Waals surface area (Å²) in [7, 11) is 0. The van der Waals surface area contributed by atoms with E-state index in [9.17, 15) is 20.4 Å². The molecule has 4 heteroatoms. The van der Waals surface area contributed by atoms with Crippen LogP contribution < -0.4 is 0 Å². The van der Waals surface area contributed by atoms with Crippen molar-refractivity contribution in [1.82, 2.24) is 0 Å². The van der Waals surface area contributed by atoms with Crippen molar-refractivity contribution < 1.29 is 20.4 Å². The molecule has 3 rings (SSSR count). The quantitative estimate of drug-likeness (QED) is 0.491. The number of allylic oxidation sites excluding steroid dienone is 3. The highest BCUT2D eigenvalue weighted by Gasteiger charge is 2.50. The highest BCUT2D eigenvalue weighted by atomic mass is 16.3. The van der Waals surface area contributed by atoms with Crippen LogP contribution in [0.15, 0.2) is 35.5 Å². The minimum Gasteiger partial charge on any atom is -0.393 e. The van der Waals surface area contributed by atoms with Gasteiger partial charge >= 0.3 is 0 Å². The van der Waals surface area contributed by atoms with E-state index < -0.39 is 23.9 Å². The summed E-state index contributed by atoms with van der Waals surface area (Å²) in [6.07, 6.45) is 11.1. The minimum atomic E-state index is -1.04. The minimum absolute atomic E-state index is 0.282. The van der Waals surface area contributed by atoms with Gasteiger partial charge in [0.25, 0.3) is 0 Å². The van der Waals surface area contributed by atoms with E-state index in [1.807, 2.05) is 0 Å². The molecule has 3 saturated carbocycles. The lowest BCUT2D eigenvalue weighted by atomic mass is 9.60. The Morgan fingerprint density at radius 2 is 1.90 bits per heavy atom. The van der Waals surface area contributed by atoms with E-state index in [2.05, 4.69) is 32.6 Å². The standard InChI is InChI=1S/C27H44O4/c1-17(8-13-25(30)26(3,4)31)22-11-12-23-19(7-6-14-27(22,23)5)9-10-20-15-21(28)16-24(29)18(20)2/h9-10,17,21-25,28-31H,2,6-8,11-16H2,1,3-5H3/b19-9?,20-10-/t17-,21-,22-,23?,24?,25?,27-/m1/s1. The molecule has 0 aliphatic heterocycles. The van der Waals surface area contributed by atoms with Gasteiger partial charge in [0.1, 0.15) is 0 Å². The summed E-state index contributed by atoms with van der Waals surface area (Å²) in [5.41, 5.74) is 2.48. The van der Waals surface area contributed by atoms with Crippen LogP contribution in [0.2, 0.25) is 0 Å². The average Bonchev–Trinajstić information content (AvgIpc) is 3.04. The van der Waals surface area contributed by atoms with Crippen LogP contribution in [0.1, 0.15) is 85.5 Å². The summed E-state index contributed by atoms with van der Waals surface area (Å²) in [4.78, 5) is 0. The molecule has 4 nitrogen and oxygen atoms in total. The van der Waals surface area contributed by atoms with Gasteiger partial charge in [-0.25, -0.2) is 0 Å². The first-order chi connectivity index (χ1) is 14.4. The lowest BCUT2D eigenvalue weighted by Crippen LogP contribution is -2.38. The Kier molecular flexibility index (Phi) is 7.57. The Labute approximate surface area is 188 Å². The molecular weight excluding hydrogens is 388 g/mol. The van der Waals surface area contributed by atoms with Crippen LogP contribution in [0.25, 0.3) is 0 Å². The number of aliphatic hydroxyl groups excluding tert-OH is 3. The second kappa shape index (κ2) is 9.51. The molecule has 176 valence electrons. The van der Waals surface area contributed by atoms with Crippen molar-refractivity contribution >= 4 is 0 Å². The van der Waals surface area contributed by atoms with Gasteiger partial charge in [-0.3, -0.25) is 0 Å². The van der Waals surface area contributed by atoms with Gasteiger partial charge < -0.3 is 20.4 Å². The van der Waals surface area contributed by atoms with Crippen LogP contribution >= 0.6 is 0 Å². The fourth-order valence-corrected chi connectivity index (χ4v) is 6.65. The second-order valence-corrected chi connectivity index (χ2v) is 11.4. The van der Waals surface area contributed by atoms with E-state index in [-0.39, 0.29) is 5.41 Å². The normalized spacial score (nSPS) is 39.0. The van der Waals surface area contributed by atoms with Crippen LogP contribution in [0.3, 0.4) is 0 Å². The second-order valence-electron chi connectivity index (χ2n) is 11.4. The third-order valence-corrected chi connectivity index (χ3v) is 8.70. The van der Waals surface area contributed by atoms with Crippen molar-refractivity contribution in [2.45, 2.75) is 109 Å². The van der Waals surface area contributed by atoms with E-state index in [0.717, 1.165) is 24.0 Å². The number of aliphatic hydroxyl groups is 4. The lowest BCUT2D eigenvalue weighted by molar-refractivity contribution is -0.0554. The Balaban J connectivity index is 1.71. The van der Waals surface area contributed by atoms with E-state index in [1.165, 1.54) is 31.3 Å². The zero-order valence-corrected chi connectivity index (χ0v) is 20.0. The first-order valence-corrected chi connectivity index (χ1v) is 12.3. The Bertz CT molecular complexity index is 715. The summed E-state index contributed by atoms with van der Waals surface area (Å²) in [5.74, 6) is 1.74. The number of hydrogen-bond acceptors (Lipinski definition) is 4. The maximum atomic E-state index is 10.3. The van der Waals surface area contributed by atoms with Gasteiger partial charge in [-0.1, -0.05) is 38.2 Å². The van der Waals surface area contributed by atoms with Crippen molar-refractivity contribution in [2.24, 2.45) is 23.2 Å². The zero-order chi connectivity index (χ0) is 23.0. The largest absolute Gasteiger partial charge is 0.393 e. The molecule has 0 aromatic rings. The monoisotopic (exact) mass is 432 g/mol. The van der Waals surface area contributed by atoms with Gasteiger partial charge in [-0.2, -0.15) is 0 Å². The van der Waals surface area contributed by atoms with Gasteiger partial charge in [-0.15, -0.1) is 0 Å². The Morgan fingerprint density at radius 1 is 1.19 bits per heavy atom. The summed E-state index contributed by atoms with van der Waals surface area (Å²) in [5, 5.41) is 40.5. The summed E-state index contributed by atoms with van der Waals surface area (Å²) >= 11 is 0. The molecule has 0 spiro atoms. The highest BCUT2D eigenvalue weighted by molar-refractivity contribution is 5.38. The summed E-state index contributed by atoms with van der Waals surface area (Å²) in [6, 6.07) is 0. The van der Waals surface area contributed by atoms with Crippen LogP contribution in [-0.2, 0) is 0 Å². The topological polar surface area (TPSA) is 80.9 Å². The van der Waals surface area contributed by atoms with E-state index in [1.54, 1.807) is 13.8 Å². The predicted octanol–water partition coefficient (Wildman–Crippen LogP) is 4.68. The Morgan fingerprint density at radius 3 is 2.58 bits per heavy atom. The molecule has 7 atom stereocenters. The summed E-state index contributed by atoms with van der Waals surface area (Å²) in [6.45, 7) is 12.2. The van der Waals surface area contributed by atoms with E-state index in [4.69, 9.17) is 0 Å². The number of hydrogen-bond donors (Lipinski definition) is 4. The molecule has 4 N–H and O–H groups in total. The van der Waals surface area contributed by atoms with E-state index in [0.29, 0.717) is 37.0 Å². The molecule has 31 heavy (non-hydrogen) atoms. The molecule has 3 aliphatic carbocycles. The molecular formula is C27H44O4. The molecule has 0 heterocycles. The van der Waals surface area contributed by atoms with Crippen molar-refractivity contribution in [3.8, 4) is 0 Å². The SMILES string of the molecule is C=C1/C(=C\C=C2CCC[C@@]3(C)C2CC[C@@H]3[C@H](C)CCC(O)C(C)(C)O)C[C@@H](O)CC1O. The third-order valence-electron chi connectivity index (χ3n) is 8.70. The lowest BCUT2D eigenvalue weighted by Gasteiger charge is -2.44. The fourth-order valence-electron chi connectivity index (χ4n) is 6.65. The van der Waals surface area contributed by atoms with Gasteiger partial charge in [0.2, 0.25) is 0 Å². The van der Waals surface area contributed by atoms with Crippen molar-refractivity contribution in [3.05, 3.63) is 35.5 Å². The Hall–Kier alpha value is -0.940. The van der Waals surface area contributed by atoms with Crippen molar-refractivity contribution in [2.75, 3.05) is 0 Å². The molecule has 3 aliphatic rings. The van der Waals surface area contributed by atoms with Gasteiger partial charge in [0.05, 0.1) is 23.9 Å². The third kappa shape index (κ3) is 5.35. The molecule has 3 unspecified atom stereocenters. The molecule has 0 amide bonds. The van der Waals surface area contributed by atoms with Crippen LogP contribution in [-0.4, -0.2) is 44.3 Å². The van der Waals surface area contributed by atoms with Crippen molar-refractivity contribution in [1.29, 1.82) is 0 Å². The number of rotatable bonds is 6. The fraction of sp³-hybridized carbons (Fsp3) is 0.778. The van der Waals surface area contributed by atoms with Gasteiger partial charge in [0.15, 0.2) is 0 Å². The molecule has 0 aromatic carbocycles. The van der Waals surface area contributed by atoms with E-state index >= 15 is 0 Å². The van der Waals surface area contributed by atoms with Crippen LogP contribution in [0.5, 0.6) is 0 Å².